The lowest BCUT2D eigenvalue weighted by Gasteiger charge is -2.14. The van der Waals surface area contributed by atoms with Crippen LogP contribution in [0.3, 0.4) is 0 Å². The van der Waals surface area contributed by atoms with Crippen molar-refractivity contribution >= 4 is 22.6 Å². The highest BCUT2D eigenvalue weighted by atomic mass is 127. The van der Waals surface area contributed by atoms with E-state index in [0.29, 0.717) is 11.5 Å². The third-order valence-electron chi connectivity index (χ3n) is 2.45. The van der Waals surface area contributed by atoms with Crippen LogP contribution in [0.25, 0.3) is 0 Å². The van der Waals surface area contributed by atoms with Crippen LogP contribution in [0.15, 0.2) is 42.5 Å². The summed E-state index contributed by atoms with van der Waals surface area (Å²) in [6.07, 6.45) is -0.913. The maximum Gasteiger partial charge on any atom is 0.136 e. The van der Waals surface area contributed by atoms with Gasteiger partial charge in [0.1, 0.15) is 17.3 Å². The second kappa shape index (κ2) is 5.67. The fourth-order valence-corrected chi connectivity index (χ4v) is 2.18. The molecular weight excluding hydrogens is 346 g/mol. The van der Waals surface area contributed by atoms with E-state index >= 15 is 0 Å². The number of aliphatic hydroxyl groups excluding tert-OH is 1. The predicted octanol–water partition coefficient (Wildman–Crippen LogP) is 4.28. The Bertz CT molecular complexity index is 555. The van der Waals surface area contributed by atoms with Crippen molar-refractivity contribution < 1.29 is 14.2 Å². The molecule has 0 bridgehead atoms. The van der Waals surface area contributed by atoms with Gasteiger partial charge in [0.15, 0.2) is 0 Å². The minimum Gasteiger partial charge on any atom is -0.457 e. The summed E-state index contributed by atoms with van der Waals surface area (Å²) >= 11 is 2.17. The normalized spacial score (nSPS) is 12.2. The van der Waals surface area contributed by atoms with Crippen molar-refractivity contribution in [3.63, 3.8) is 0 Å². The number of halogens is 2. The molecular formula is C14H12FIO2. The SMILES string of the molecule is C[C@H](O)c1c(F)cccc1Oc1cccc(I)c1. The van der Waals surface area contributed by atoms with Gasteiger partial charge in [0.05, 0.1) is 11.7 Å². The van der Waals surface area contributed by atoms with Crippen LogP contribution in [0.5, 0.6) is 11.5 Å². The average molecular weight is 358 g/mol. The summed E-state index contributed by atoms with van der Waals surface area (Å²) < 4.78 is 20.3. The van der Waals surface area contributed by atoms with E-state index in [1.165, 1.54) is 13.0 Å². The van der Waals surface area contributed by atoms with Gasteiger partial charge in [0.2, 0.25) is 0 Å². The number of benzene rings is 2. The third-order valence-corrected chi connectivity index (χ3v) is 3.13. The van der Waals surface area contributed by atoms with Crippen molar-refractivity contribution in [1.29, 1.82) is 0 Å². The Labute approximate surface area is 119 Å². The van der Waals surface area contributed by atoms with E-state index in [9.17, 15) is 9.50 Å². The molecule has 0 unspecified atom stereocenters. The average Bonchev–Trinajstić information content (AvgIpc) is 2.28. The molecule has 2 rings (SSSR count). The summed E-state index contributed by atoms with van der Waals surface area (Å²) in [5.41, 5.74) is 0.177. The van der Waals surface area contributed by atoms with Crippen LogP contribution in [0.2, 0.25) is 0 Å². The number of aliphatic hydroxyl groups is 1. The van der Waals surface area contributed by atoms with E-state index in [4.69, 9.17) is 4.74 Å². The van der Waals surface area contributed by atoms with Gasteiger partial charge in [-0.3, -0.25) is 0 Å². The van der Waals surface area contributed by atoms with Crippen LogP contribution in [0.4, 0.5) is 4.39 Å². The van der Waals surface area contributed by atoms with E-state index < -0.39 is 11.9 Å². The number of rotatable bonds is 3. The molecule has 2 aromatic carbocycles. The van der Waals surface area contributed by atoms with Gasteiger partial charge in [-0.15, -0.1) is 0 Å². The monoisotopic (exact) mass is 358 g/mol. The molecule has 1 atom stereocenters. The Balaban J connectivity index is 2.37. The first kappa shape index (κ1) is 13.3. The molecule has 0 aliphatic rings. The molecule has 0 aromatic heterocycles. The number of ether oxygens (including phenoxy) is 1. The number of hydrogen-bond donors (Lipinski definition) is 1. The van der Waals surface area contributed by atoms with Crippen molar-refractivity contribution in [1.82, 2.24) is 0 Å². The first-order valence-electron chi connectivity index (χ1n) is 5.48. The molecule has 0 amide bonds. The largest absolute Gasteiger partial charge is 0.457 e. The summed E-state index contributed by atoms with van der Waals surface area (Å²) in [4.78, 5) is 0. The maximum absolute atomic E-state index is 13.6. The van der Waals surface area contributed by atoms with Gasteiger partial charge in [-0.1, -0.05) is 12.1 Å². The minimum absolute atomic E-state index is 0.177. The summed E-state index contributed by atoms with van der Waals surface area (Å²) in [5.74, 6) is 0.495. The topological polar surface area (TPSA) is 29.5 Å². The Morgan fingerprint density at radius 1 is 1.22 bits per heavy atom. The van der Waals surface area contributed by atoms with Crippen molar-refractivity contribution in [3.8, 4) is 11.5 Å². The van der Waals surface area contributed by atoms with E-state index in [0.717, 1.165) is 3.57 Å². The van der Waals surface area contributed by atoms with Crippen LogP contribution in [-0.2, 0) is 0 Å². The fourth-order valence-electron chi connectivity index (χ4n) is 1.67. The van der Waals surface area contributed by atoms with Gasteiger partial charge in [0, 0.05) is 3.57 Å². The summed E-state index contributed by atoms with van der Waals surface area (Å²) in [6.45, 7) is 1.51. The van der Waals surface area contributed by atoms with Gasteiger partial charge >= 0.3 is 0 Å². The van der Waals surface area contributed by atoms with Crippen molar-refractivity contribution in [2.75, 3.05) is 0 Å². The molecule has 0 fully saturated rings. The smallest absolute Gasteiger partial charge is 0.136 e. The van der Waals surface area contributed by atoms with E-state index in [1.54, 1.807) is 18.2 Å². The summed E-state index contributed by atoms with van der Waals surface area (Å²) in [5, 5.41) is 9.60. The van der Waals surface area contributed by atoms with E-state index in [2.05, 4.69) is 22.6 Å². The van der Waals surface area contributed by atoms with Crippen molar-refractivity contribution in [3.05, 3.63) is 57.4 Å². The zero-order valence-electron chi connectivity index (χ0n) is 9.73. The van der Waals surface area contributed by atoms with Gasteiger partial charge in [-0.25, -0.2) is 4.39 Å². The number of hydrogen-bond acceptors (Lipinski definition) is 2. The highest BCUT2D eigenvalue weighted by molar-refractivity contribution is 14.1. The molecule has 2 aromatic rings. The van der Waals surface area contributed by atoms with Crippen molar-refractivity contribution in [2.24, 2.45) is 0 Å². The second-order valence-electron chi connectivity index (χ2n) is 3.89. The molecule has 0 heterocycles. The fraction of sp³-hybridized carbons (Fsp3) is 0.143. The summed E-state index contributed by atoms with van der Waals surface area (Å²) in [6, 6.07) is 11.9. The van der Waals surface area contributed by atoms with E-state index in [1.807, 2.05) is 18.2 Å². The molecule has 4 heteroatoms. The van der Waals surface area contributed by atoms with Crippen LogP contribution in [-0.4, -0.2) is 5.11 Å². The van der Waals surface area contributed by atoms with Crippen LogP contribution in [0, 0.1) is 9.39 Å². The van der Waals surface area contributed by atoms with Crippen LogP contribution in [0.1, 0.15) is 18.6 Å². The standard InChI is InChI=1S/C14H12FIO2/c1-9(17)14-12(15)6-3-7-13(14)18-11-5-2-4-10(16)8-11/h2-9,17H,1H3/t9-/m0/s1. The lowest BCUT2D eigenvalue weighted by Crippen LogP contribution is -1.99. The lowest BCUT2D eigenvalue weighted by molar-refractivity contribution is 0.190. The molecule has 0 aliphatic carbocycles. The van der Waals surface area contributed by atoms with Gasteiger partial charge in [0.25, 0.3) is 0 Å². The zero-order valence-corrected chi connectivity index (χ0v) is 11.9. The Kier molecular flexibility index (Phi) is 4.19. The molecule has 18 heavy (non-hydrogen) atoms. The Hall–Kier alpha value is -1.14. The quantitative estimate of drug-likeness (QED) is 0.831. The highest BCUT2D eigenvalue weighted by Crippen LogP contribution is 2.31. The first-order valence-corrected chi connectivity index (χ1v) is 6.55. The highest BCUT2D eigenvalue weighted by Gasteiger charge is 2.15. The van der Waals surface area contributed by atoms with Crippen LogP contribution >= 0.6 is 22.6 Å². The molecule has 1 N–H and O–H groups in total. The molecule has 0 saturated carbocycles. The maximum atomic E-state index is 13.6. The second-order valence-corrected chi connectivity index (χ2v) is 5.13. The molecule has 0 aliphatic heterocycles. The third kappa shape index (κ3) is 3.00. The molecule has 0 radical (unpaired) electrons. The zero-order chi connectivity index (χ0) is 13.1. The minimum atomic E-state index is -0.913. The van der Waals surface area contributed by atoms with Gasteiger partial charge < -0.3 is 9.84 Å². The summed E-state index contributed by atoms with van der Waals surface area (Å²) in [7, 11) is 0. The van der Waals surface area contributed by atoms with Crippen LogP contribution < -0.4 is 4.74 Å². The molecule has 0 spiro atoms. The Morgan fingerprint density at radius 3 is 2.61 bits per heavy atom. The molecule has 2 nitrogen and oxygen atoms in total. The predicted molar refractivity (Wildman–Crippen MR) is 76.3 cm³/mol. The van der Waals surface area contributed by atoms with E-state index in [-0.39, 0.29) is 5.56 Å². The van der Waals surface area contributed by atoms with Crippen molar-refractivity contribution in [2.45, 2.75) is 13.0 Å². The Morgan fingerprint density at radius 2 is 1.94 bits per heavy atom. The molecule has 94 valence electrons. The van der Waals surface area contributed by atoms with Gasteiger partial charge in [-0.2, -0.15) is 0 Å². The lowest BCUT2D eigenvalue weighted by atomic mass is 10.1. The van der Waals surface area contributed by atoms with Gasteiger partial charge in [-0.05, 0) is 59.8 Å². The molecule has 0 saturated heterocycles. The first-order chi connectivity index (χ1) is 8.58.